The molecule has 0 fully saturated rings. The Morgan fingerprint density at radius 1 is 1.12 bits per heavy atom. The Balaban J connectivity index is 1.33. The van der Waals surface area contributed by atoms with Gasteiger partial charge in [0, 0.05) is 23.0 Å². The molecule has 1 N–H and O–H groups in total. The van der Waals surface area contributed by atoms with E-state index < -0.39 is 18.5 Å². The molecule has 10 heteroatoms. The fourth-order valence-corrected chi connectivity index (χ4v) is 3.43. The Labute approximate surface area is 195 Å². The van der Waals surface area contributed by atoms with Crippen molar-refractivity contribution in [3.63, 3.8) is 0 Å². The van der Waals surface area contributed by atoms with E-state index in [-0.39, 0.29) is 5.56 Å². The van der Waals surface area contributed by atoms with Crippen molar-refractivity contribution in [1.29, 1.82) is 0 Å². The summed E-state index contributed by atoms with van der Waals surface area (Å²) in [5.41, 5.74) is 2.90. The number of anilines is 1. The molecule has 0 spiro atoms. The lowest BCUT2D eigenvalue weighted by atomic mass is 10.2. The fourth-order valence-electron chi connectivity index (χ4n) is 3.24. The van der Waals surface area contributed by atoms with Gasteiger partial charge in [0.15, 0.2) is 12.4 Å². The molecule has 0 saturated carbocycles. The molecule has 168 valence electrons. The Kier molecular flexibility index (Phi) is 6.50. The number of hydrogen-bond acceptors (Lipinski definition) is 6. The quantitative estimate of drug-likeness (QED) is 0.419. The number of pyridine rings is 1. The maximum atomic E-state index is 12.3. The molecular weight excluding hydrogens is 444 g/mol. The Bertz CT molecular complexity index is 1300. The number of nitrogens with one attached hydrogen (secondary N) is 1. The SMILES string of the molecule is Cc1cc(C)n(-c2ccc(C(=O)OCC(=O)Nc3ccnn3Cc3ccccc3Cl)cn2)n1. The summed E-state index contributed by atoms with van der Waals surface area (Å²) in [6.45, 7) is 3.75. The second-order valence-corrected chi connectivity index (χ2v) is 7.74. The van der Waals surface area contributed by atoms with Gasteiger partial charge in [-0.25, -0.2) is 19.1 Å². The predicted octanol–water partition coefficient (Wildman–Crippen LogP) is 3.58. The minimum absolute atomic E-state index is 0.233. The van der Waals surface area contributed by atoms with Crippen molar-refractivity contribution >= 4 is 29.3 Å². The minimum Gasteiger partial charge on any atom is -0.452 e. The van der Waals surface area contributed by atoms with E-state index in [1.807, 2.05) is 38.1 Å². The highest BCUT2D eigenvalue weighted by Crippen LogP contribution is 2.18. The van der Waals surface area contributed by atoms with Crippen LogP contribution in [0.25, 0.3) is 5.82 Å². The van der Waals surface area contributed by atoms with Crippen LogP contribution in [0.1, 0.15) is 27.3 Å². The third kappa shape index (κ3) is 5.27. The fraction of sp³-hybridized carbons (Fsp3) is 0.174. The van der Waals surface area contributed by atoms with E-state index >= 15 is 0 Å². The van der Waals surface area contributed by atoms with Crippen LogP contribution >= 0.6 is 11.6 Å². The predicted molar refractivity (Wildman–Crippen MR) is 123 cm³/mol. The number of amides is 1. The van der Waals surface area contributed by atoms with Crippen molar-refractivity contribution in [2.45, 2.75) is 20.4 Å². The minimum atomic E-state index is -0.651. The molecule has 0 aliphatic rings. The largest absolute Gasteiger partial charge is 0.452 e. The third-order valence-corrected chi connectivity index (χ3v) is 5.18. The first-order valence-electron chi connectivity index (χ1n) is 10.1. The normalized spacial score (nSPS) is 10.8. The lowest BCUT2D eigenvalue weighted by Crippen LogP contribution is -2.23. The topological polar surface area (TPSA) is 104 Å². The molecule has 1 amide bonds. The summed E-state index contributed by atoms with van der Waals surface area (Å²) in [5, 5.41) is 11.9. The number of carbonyl (C=O) groups excluding carboxylic acids is 2. The van der Waals surface area contributed by atoms with Gasteiger partial charge >= 0.3 is 5.97 Å². The maximum absolute atomic E-state index is 12.3. The molecule has 0 radical (unpaired) electrons. The van der Waals surface area contributed by atoms with E-state index in [4.69, 9.17) is 16.3 Å². The number of rotatable bonds is 7. The molecule has 0 unspecified atom stereocenters. The maximum Gasteiger partial charge on any atom is 0.340 e. The second-order valence-electron chi connectivity index (χ2n) is 7.33. The van der Waals surface area contributed by atoms with E-state index in [0.29, 0.717) is 23.2 Å². The number of ether oxygens (including phenoxy) is 1. The van der Waals surface area contributed by atoms with Crippen LogP contribution in [-0.4, -0.2) is 43.0 Å². The van der Waals surface area contributed by atoms with Crippen LogP contribution < -0.4 is 5.32 Å². The number of halogens is 1. The van der Waals surface area contributed by atoms with E-state index in [2.05, 4.69) is 20.5 Å². The van der Waals surface area contributed by atoms with Gasteiger partial charge in [0.05, 0.1) is 24.0 Å². The molecule has 0 aliphatic heterocycles. The molecule has 0 bridgehead atoms. The van der Waals surface area contributed by atoms with Crippen LogP contribution in [0.5, 0.6) is 0 Å². The number of benzene rings is 1. The van der Waals surface area contributed by atoms with Crippen LogP contribution in [0, 0.1) is 13.8 Å². The summed E-state index contributed by atoms with van der Waals surface area (Å²) in [6, 6.07) is 14.2. The highest BCUT2D eigenvalue weighted by molar-refractivity contribution is 6.31. The summed E-state index contributed by atoms with van der Waals surface area (Å²) in [7, 11) is 0. The van der Waals surface area contributed by atoms with Gasteiger partial charge in [0.2, 0.25) is 0 Å². The van der Waals surface area contributed by atoms with Crippen molar-refractivity contribution < 1.29 is 14.3 Å². The first-order chi connectivity index (χ1) is 15.9. The number of aromatic nitrogens is 5. The van der Waals surface area contributed by atoms with E-state index in [0.717, 1.165) is 17.0 Å². The summed E-state index contributed by atoms with van der Waals surface area (Å²) in [4.78, 5) is 28.9. The second kappa shape index (κ2) is 9.66. The molecule has 0 saturated heterocycles. The molecule has 0 aliphatic carbocycles. The van der Waals surface area contributed by atoms with Crippen LogP contribution in [-0.2, 0) is 16.1 Å². The van der Waals surface area contributed by atoms with Crippen LogP contribution in [0.2, 0.25) is 5.02 Å². The van der Waals surface area contributed by atoms with Crippen molar-refractivity contribution in [3.05, 3.63) is 88.5 Å². The van der Waals surface area contributed by atoms with Crippen molar-refractivity contribution in [2.24, 2.45) is 0 Å². The van der Waals surface area contributed by atoms with Crippen molar-refractivity contribution in [2.75, 3.05) is 11.9 Å². The Morgan fingerprint density at radius 2 is 1.94 bits per heavy atom. The van der Waals surface area contributed by atoms with Gasteiger partial charge in [-0.1, -0.05) is 29.8 Å². The Hall–Kier alpha value is -3.98. The summed E-state index contributed by atoms with van der Waals surface area (Å²) in [5.74, 6) is -0.0906. The molecule has 4 aromatic rings. The van der Waals surface area contributed by atoms with Gasteiger partial charge in [-0.2, -0.15) is 10.2 Å². The highest BCUT2D eigenvalue weighted by atomic mass is 35.5. The van der Waals surface area contributed by atoms with Crippen molar-refractivity contribution in [1.82, 2.24) is 24.5 Å². The number of carbonyl (C=O) groups is 2. The molecular formula is C23H21ClN6O3. The number of esters is 1. The molecule has 4 rings (SSSR count). The van der Waals surface area contributed by atoms with Crippen LogP contribution in [0.3, 0.4) is 0 Å². The summed E-state index contributed by atoms with van der Waals surface area (Å²) >= 11 is 6.20. The smallest absolute Gasteiger partial charge is 0.340 e. The van der Waals surface area contributed by atoms with Gasteiger partial charge in [0.25, 0.3) is 5.91 Å². The molecule has 3 aromatic heterocycles. The van der Waals surface area contributed by atoms with Crippen LogP contribution in [0.4, 0.5) is 5.82 Å². The zero-order valence-corrected chi connectivity index (χ0v) is 18.8. The lowest BCUT2D eigenvalue weighted by Gasteiger charge is -2.10. The van der Waals surface area contributed by atoms with Gasteiger partial charge in [-0.15, -0.1) is 0 Å². The average Bonchev–Trinajstić information content (AvgIpc) is 3.38. The highest BCUT2D eigenvalue weighted by Gasteiger charge is 2.14. The molecule has 1 aromatic carbocycles. The monoisotopic (exact) mass is 464 g/mol. The van der Waals surface area contributed by atoms with Gasteiger partial charge in [-0.3, -0.25) is 4.79 Å². The average molecular weight is 465 g/mol. The number of nitrogens with zero attached hydrogens (tertiary/aromatic N) is 5. The van der Waals surface area contributed by atoms with Gasteiger partial charge in [0.1, 0.15) is 5.82 Å². The zero-order chi connectivity index (χ0) is 23.4. The molecule has 33 heavy (non-hydrogen) atoms. The van der Waals surface area contributed by atoms with Gasteiger partial charge < -0.3 is 10.1 Å². The summed E-state index contributed by atoms with van der Waals surface area (Å²) in [6.07, 6.45) is 2.96. The van der Waals surface area contributed by atoms with Gasteiger partial charge in [-0.05, 0) is 43.7 Å². The van der Waals surface area contributed by atoms with E-state index in [1.165, 1.54) is 6.20 Å². The van der Waals surface area contributed by atoms with E-state index in [9.17, 15) is 9.59 Å². The zero-order valence-electron chi connectivity index (χ0n) is 18.0. The first-order valence-corrected chi connectivity index (χ1v) is 10.5. The lowest BCUT2D eigenvalue weighted by molar-refractivity contribution is -0.119. The Morgan fingerprint density at radius 3 is 2.64 bits per heavy atom. The first kappa shape index (κ1) is 22.2. The van der Waals surface area contributed by atoms with Crippen LogP contribution in [0.15, 0.2) is 60.9 Å². The molecule has 9 nitrogen and oxygen atoms in total. The molecule has 3 heterocycles. The standard InChI is InChI=1S/C23H21ClN6O3/c1-15-11-16(2)30(28-15)20-8-7-17(12-25-20)23(32)33-14-22(31)27-21-9-10-26-29(21)13-18-5-3-4-6-19(18)24/h3-12H,13-14H2,1-2H3,(H,27,31). The number of hydrogen-bond donors (Lipinski definition) is 1. The van der Waals surface area contributed by atoms with Crippen molar-refractivity contribution in [3.8, 4) is 5.82 Å². The summed E-state index contributed by atoms with van der Waals surface area (Å²) < 4.78 is 8.41. The third-order valence-electron chi connectivity index (χ3n) is 4.81. The number of aryl methyl sites for hydroxylation is 2. The van der Waals surface area contributed by atoms with E-state index in [1.54, 1.807) is 39.8 Å². The molecule has 0 atom stereocenters.